The third-order valence-electron chi connectivity index (χ3n) is 3.21. The molecule has 87 valence electrons. The molecule has 2 heteroatoms. The summed E-state index contributed by atoms with van der Waals surface area (Å²) in [6.07, 6.45) is 2.53. The van der Waals surface area contributed by atoms with Gasteiger partial charge in [0.15, 0.2) is 0 Å². The van der Waals surface area contributed by atoms with Crippen LogP contribution in [-0.2, 0) is 0 Å². The summed E-state index contributed by atoms with van der Waals surface area (Å²) >= 11 is 0. The molecule has 1 unspecified atom stereocenters. The van der Waals surface area contributed by atoms with E-state index in [9.17, 15) is 0 Å². The largest absolute Gasteiger partial charge is 0.475 e. The van der Waals surface area contributed by atoms with Crippen LogP contribution < -0.4 is 4.74 Å². The smallest absolute Gasteiger partial charge is 0.149 e. The first-order valence-corrected chi connectivity index (χ1v) is 6.04. The lowest BCUT2D eigenvalue weighted by molar-refractivity contribution is 0.0193. The van der Waals surface area contributed by atoms with Gasteiger partial charge in [0.05, 0.1) is 0 Å². The Morgan fingerprint density at radius 1 is 1.25 bits per heavy atom. The molecule has 0 aromatic heterocycles. The number of hydrogen-bond donors (Lipinski definition) is 0. The van der Waals surface area contributed by atoms with Crippen molar-refractivity contribution in [1.29, 1.82) is 0 Å². The van der Waals surface area contributed by atoms with Crippen molar-refractivity contribution < 1.29 is 4.74 Å². The standard InChI is InChI=1S/C14H20NO/c1-12-8-10-15(11-9-12)13(2)16-14-6-4-3-5-7-14/h3-7,12-13H,1,8-11H2,2H3. The van der Waals surface area contributed by atoms with Crippen molar-refractivity contribution in [3.05, 3.63) is 37.3 Å². The van der Waals surface area contributed by atoms with E-state index in [4.69, 9.17) is 4.74 Å². The van der Waals surface area contributed by atoms with Gasteiger partial charge in [-0.1, -0.05) is 25.1 Å². The van der Waals surface area contributed by atoms with Crippen LogP contribution in [0.15, 0.2) is 30.3 Å². The van der Waals surface area contributed by atoms with Crippen LogP contribution in [0, 0.1) is 12.8 Å². The maximum Gasteiger partial charge on any atom is 0.149 e. The number of piperidine rings is 1. The zero-order valence-corrected chi connectivity index (χ0v) is 9.93. The fraction of sp³-hybridized carbons (Fsp3) is 0.500. The fourth-order valence-corrected chi connectivity index (χ4v) is 2.09. The van der Waals surface area contributed by atoms with Gasteiger partial charge in [-0.2, -0.15) is 0 Å². The number of rotatable bonds is 3. The van der Waals surface area contributed by atoms with E-state index in [0.29, 0.717) is 5.92 Å². The zero-order valence-electron chi connectivity index (χ0n) is 9.93. The maximum atomic E-state index is 5.89. The maximum absolute atomic E-state index is 5.89. The molecule has 0 spiro atoms. The molecule has 0 saturated carbocycles. The normalized spacial score (nSPS) is 20.6. The van der Waals surface area contributed by atoms with Crippen LogP contribution in [0.2, 0.25) is 0 Å². The van der Waals surface area contributed by atoms with Crippen molar-refractivity contribution in [3.8, 4) is 5.75 Å². The minimum Gasteiger partial charge on any atom is -0.475 e. The van der Waals surface area contributed by atoms with Crippen LogP contribution in [0.4, 0.5) is 0 Å². The summed E-state index contributed by atoms with van der Waals surface area (Å²) in [5.41, 5.74) is 0. The van der Waals surface area contributed by atoms with Gasteiger partial charge in [-0.3, -0.25) is 4.90 Å². The molecule has 1 atom stereocenters. The van der Waals surface area contributed by atoms with Crippen molar-refractivity contribution in [2.45, 2.75) is 26.0 Å². The van der Waals surface area contributed by atoms with E-state index in [1.807, 2.05) is 30.3 Å². The van der Waals surface area contributed by atoms with Gasteiger partial charge in [-0.25, -0.2) is 0 Å². The van der Waals surface area contributed by atoms with E-state index in [2.05, 4.69) is 18.7 Å². The Morgan fingerprint density at radius 3 is 2.50 bits per heavy atom. The minimum atomic E-state index is 0.162. The SMILES string of the molecule is [CH2]C1CCN(C(C)Oc2ccccc2)CC1. The molecule has 1 heterocycles. The van der Waals surface area contributed by atoms with Crippen molar-refractivity contribution >= 4 is 0 Å². The van der Waals surface area contributed by atoms with Gasteiger partial charge < -0.3 is 4.74 Å². The van der Waals surface area contributed by atoms with E-state index in [1.54, 1.807) is 0 Å². The molecular formula is C14H20NO. The molecule has 1 saturated heterocycles. The lowest BCUT2D eigenvalue weighted by Crippen LogP contribution is -2.42. The summed E-state index contributed by atoms with van der Waals surface area (Å²) in [4.78, 5) is 2.38. The Balaban J connectivity index is 1.86. The first kappa shape index (κ1) is 11.5. The second-order valence-electron chi connectivity index (χ2n) is 4.51. The Morgan fingerprint density at radius 2 is 1.88 bits per heavy atom. The molecule has 0 N–H and O–H groups in total. The van der Waals surface area contributed by atoms with Crippen LogP contribution in [0.3, 0.4) is 0 Å². The number of hydrogen-bond acceptors (Lipinski definition) is 2. The number of para-hydroxylation sites is 1. The molecule has 2 rings (SSSR count). The first-order valence-electron chi connectivity index (χ1n) is 6.04. The molecule has 0 aliphatic carbocycles. The van der Waals surface area contributed by atoms with Crippen molar-refractivity contribution in [1.82, 2.24) is 4.90 Å². The molecule has 1 aromatic rings. The Labute approximate surface area is 98.2 Å². The fourth-order valence-electron chi connectivity index (χ4n) is 2.09. The van der Waals surface area contributed by atoms with Gasteiger partial charge >= 0.3 is 0 Å². The van der Waals surface area contributed by atoms with Gasteiger partial charge in [-0.05, 0) is 37.8 Å². The highest BCUT2D eigenvalue weighted by Gasteiger charge is 2.21. The Kier molecular flexibility index (Phi) is 3.83. The second kappa shape index (κ2) is 5.35. The molecule has 1 aliphatic rings. The second-order valence-corrected chi connectivity index (χ2v) is 4.51. The minimum absolute atomic E-state index is 0.162. The molecule has 1 radical (unpaired) electrons. The van der Waals surface area contributed by atoms with Gasteiger partial charge in [0.25, 0.3) is 0 Å². The topological polar surface area (TPSA) is 12.5 Å². The average molecular weight is 218 g/mol. The lowest BCUT2D eigenvalue weighted by Gasteiger charge is -2.34. The van der Waals surface area contributed by atoms with Gasteiger partial charge in [0, 0.05) is 13.1 Å². The monoisotopic (exact) mass is 218 g/mol. The highest BCUT2D eigenvalue weighted by Crippen LogP contribution is 2.19. The summed E-state index contributed by atoms with van der Waals surface area (Å²) < 4.78 is 5.89. The van der Waals surface area contributed by atoms with Gasteiger partial charge in [-0.15, -0.1) is 0 Å². The zero-order chi connectivity index (χ0) is 11.4. The van der Waals surface area contributed by atoms with Gasteiger partial charge in [0.2, 0.25) is 0 Å². The molecule has 0 bridgehead atoms. The van der Waals surface area contributed by atoms with E-state index in [-0.39, 0.29) is 6.23 Å². The Hall–Kier alpha value is -1.02. The van der Waals surface area contributed by atoms with E-state index < -0.39 is 0 Å². The van der Waals surface area contributed by atoms with Crippen LogP contribution in [0.25, 0.3) is 0 Å². The van der Waals surface area contributed by atoms with Gasteiger partial charge in [0.1, 0.15) is 12.0 Å². The predicted octanol–water partition coefficient (Wildman–Crippen LogP) is 2.96. The molecule has 16 heavy (non-hydrogen) atoms. The highest BCUT2D eigenvalue weighted by atomic mass is 16.5. The first-order chi connectivity index (χ1) is 7.75. The van der Waals surface area contributed by atoms with E-state index in [0.717, 1.165) is 18.8 Å². The summed E-state index contributed by atoms with van der Waals surface area (Å²) in [5, 5.41) is 0. The van der Waals surface area contributed by atoms with Crippen molar-refractivity contribution in [3.63, 3.8) is 0 Å². The molecule has 1 aromatic carbocycles. The summed E-state index contributed by atoms with van der Waals surface area (Å²) in [6, 6.07) is 10.0. The summed E-state index contributed by atoms with van der Waals surface area (Å²) in [7, 11) is 0. The number of likely N-dealkylation sites (tertiary alicyclic amines) is 1. The number of ether oxygens (including phenoxy) is 1. The molecule has 1 aliphatic heterocycles. The molecule has 0 amide bonds. The van der Waals surface area contributed by atoms with Crippen LogP contribution in [0.1, 0.15) is 19.8 Å². The quantitative estimate of drug-likeness (QED) is 0.773. The third-order valence-corrected chi connectivity index (χ3v) is 3.21. The molecule has 1 fully saturated rings. The number of nitrogens with zero attached hydrogens (tertiary/aromatic N) is 1. The Bertz CT molecular complexity index is 304. The van der Waals surface area contributed by atoms with Crippen LogP contribution in [0.5, 0.6) is 5.75 Å². The highest BCUT2D eigenvalue weighted by molar-refractivity contribution is 5.21. The molecular weight excluding hydrogens is 198 g/mol. The van der Waals surface area contributed by atoms with Crippen LogP contribution >= 0.6 is 0 Å². The average Bonchev–Trinajstić information content (AvgIpc) is 2.31. The third kappa shape index (κ3) is 2.99. The lowest BCUT2D eigenvalue weighted by atomic mass is 9.99. The van der Waals surface area contributed by atoms with Crippen molar-refractivity contribution in [2.24, 2.45) is 5.92 Å². The van der Waals surface area contributed by atoms with Crippen molar-refractivity contribution in [2.75, 3.05) is 13.1 Å². The summed E-state index contributed by atoms with van der Waals surface area (Å²) in [5.74, 6) is 1.58. The van der Waals surface area contributed by atoms with E-state index in [1.165, 1.54) is 12.8 Å². The van der Waals surface area contributed by atoms with E-state index >= 15 is 0 Å². The predicted molar refractivity (Wildman–Crippen MR) is 66.2 cm³/mol. The number of benzene rings is 1. The van der Waals surface area contributed by atoms with Crippen LogP contribution in [-0.4, -0.2) is 24.2 Å². The molecule has 2 nitrogen and oxygen atoms in total. The summed E-state index contributed by atoms with van der Waals surface area (Å²) in [6.45, 7) is 8.43.